The van der Waals surface area contributed by atoms with Crippen LogP contribution in [0.4, 0.5) is 0 Å². The smallest absolute Gasteiger partial charge is 0.0548 e. The highest BCUT2D eigenvalue weighted by molar-refractivity contribution is 7.26. The molecule has 0 amide bonds. The molecule has 0 aliphatic heterocycles. The van der Waals surface area contributed by atoms with Gasteiger partial charge in [-0.25, -0.2) is 0 Å². The molecule has 8 rings (SSSR count). The Morgan fingerprint density at radius 2 is 1.22 bits per heavy atom. The zero-order chi connectivity index (χ0) is 23.6. The van der Waals surface area contributed by atoms with Crippen molar-refractivity contribution in [3.8, 4) is 16.8 Å². The Kier molecular flexibility index (Phi) is 4.16. The van der Waals surface area contributed by atoms with Crippen LogP contribution in [0, 0.1) is 0 Å². The van der Waals surface area contributed by atoms with Gasteiger partial charge in [0.1, 0.15) is 0 Å². The van der Waals surface area contributed by atoms with E-state index in [4.69, 9.17) is 0 Å². The number of hydrogen-bond donors (Lipinski definition) is 0. The molecular formula is C34H21NS. The second-order valence-electron chi connectivity index (χ2n) is 9.36. The van der Waals surface area contributed by atoms with E-state index in [1.165, 1.54) is 69.6 Å². The highest BCUT2D eigenvalue weighted by Gasteiger charge is 2.18. The summed E-state index contributed by atoms with van der Waals surface area (Å²) in [4.78, 5) is 0. The molecule has 0 unspecified atom stereocenters. The molecule has 0 aliphatic carbocycles. The lowest BCUT2D eigenvalue weighted by Crippen LogP contribution is -1.92. The highest BCUT2D eigenvalue weighted by Crippen LogP contribution is 2.44. The number of para-hydroxylation sites is 1. The summed E-state index contributed by atoms with van der Waals surface area (Å²) in [6.45, 7) is 0. The van der Waals surface area contributed by atoms with Gasteiger partial charge in [0.15, 0.2) is 0 Å². The molecule has 2 aromatic heterocycles. The zero-order valence-electron chi connectivity index (χ0n) is 19.5. The van der Waals surface area contributed by atoms with Gasteiger partial charge in [-0.1, -0.05) is 84.9 Å². The molecule has 0 saturated heterocycles. The van der Waals surface area contributed by atoms with E-state index < -0.39 is 0 Å². The number of aromatic nitrogens is 1. The molecule has 0 saturated carbocycles. The first kappa shape index (κ1) is 19.9. The topological polar surface area (TPSA) is 4.93 Å². The van der Waals surface area contributed by atoms with Crippen molar-refractivity contribution in [2.24, 2.45) is 0 Å². The summed E-state index contributed by atoms with van der Waals surface area (Å²) in [7, 11) is 0. The molecular weight excluding hydrogens is 454 g/mol. The van der Waals surface area contributed by atoms with E-state index in [0.29, 0.717) is 0 Å². The van der Waals surface area contributed by atoms with Crippen molar-refractivity contribution in [1.29, 1.82) is 0 Å². The van der Waals surface area contributed by atoms with Crippen molar-refractivity contribution in [1.82, 2.24) is 4.57 Å². The van der Waals surface area contributed by atoms with Crippen LogP contribution >= 0.6 is 11.3 Å². The Labute approximate surface area is 212 Å². The third-order valence-electron chi connectivity index (χ3n) is 7.38. The van der Waals surface area contributed by atoms with E-state index in [9.17, 15) is 0 Å². The molecule has 0 bridgehead atoms. The summed E-state index contributed by atoms with van der Waals surface area (Å²) in [5.74, 6) is 0. The Morgan fingerprint density at radius 1 is 0.472 bits per heavy atom. The predicted octanol–water partition coefficient (Wildman–Crippen LogP) is 9.97. The van der Waals surface area contributed by atoms with Crippen LogP contribution in [0.1, 0.15) is 0 Å². The van der Waals surface area contributed by atoms with Crippen molar-refractivity contribution in [3.05, 3.63) is 127 Å². The highest BCUT2D eigenvalue weighted by atomic mass is 32.1. The minimum absolute atomic E-state index is 1.19. The monoisotopic (exact) mass is 475 g/mol. The van der Waals surface area contributed by atoms with Crippen molar-refractivity contribution >= 4 is 64.1 Å². The molecule has 2 heterocycles. The number of fused-ring (bicyclic) bond motifs is 8. The lowest BCUT2D eigenvalue weighted by Gasteiger charge is -2.09. The third kappa shape index (κ3) is 2.76. The van der Waals surface area contributed by atoms with Crippen LogP contribution in [0.2, 0.25) is 0 Å². The quantitative estimate of drug-likeness (QED) is 0.234. The normalized spacial score (nSPS) is 11.9. The van der Waals surface area contributed by atoms with Crippen LogP contribution in [-0.2, 0) is 0 Å². The van der Waals surface area contributed by atoms with Gasteiger partial charge in [-0.2, -0.15) is 0 Å². The van der Waals surface area contributed by atoms with Crippen LogP contribution in [0.15, 0.2) is 127 Å². The average molecular weight is 476 g/mol. The van der Waals surface area contributed by atoms with Crippen LogP contribution in [0.25, 0.3) is 69.6 Å². The summed E-state index contributed by atoms with van der Waals surface area (Å²) < 4.78 is 5.10. The van der Waals surface area contributed by atoms with Gasteiger partial charge < -0.3 is 4.57 Å². The second kappa shape index (κ2) is 7.55. The van der Waals surface area contributed by atoms with Crippen LogP contribution in [0.5, 0.6) is 0 Å². The first-order valence-electron chi connectivity index (χ1n) is 12.3. The standard InChI is InChI=1S/C34H21NS/c1-2-11-24(12-3-1)35-29-18-17-23(26-15-8-10-22-9-4-5-13-25(22)26)21-28(29)33-30(35)19-20-32-34(33)27-14-6-7-16-31(27)36-32/h1-21H. The van der Waals surface area contributed by atoms with Crippen LogP contribution in [0.3, 0.4) is 0 Å². The summed E-state index contributed by atoms with van der Waals surface area (Å²) in [5.41, 5.74) is 6.21. The largest absolute Gasteiger partial charge is 0.309 e. The number of hydrogen-bond acceptors (Lipinski definition) is 1. The molecule has 0 spiro atoms. The van der Waals surface area contributed by atoms with E-state index in [1.807, 2.05) is 11.3 Å². The lowest BCUT2D eigenvalue weighted by atomic mass is 9.96. The van der Waals surface area contributed by atoms with Crippen molar-refractivity contribution < 1.29 is 0 Å². The summed E-state index contributed by atoms with van der Waals surface area (Å²) >= 11 is 1.88. The predicted molar refractivity (Wildman–Crippen MR) is 157 cm³/mol. The molecule has 0 radical (unpaired) electrons. The maximum absolute atomic E-state index is 2.42. The molecule has 36 heavy (non-hydrogen) atoms. The molecule has 0 fully saturated rings. The van der Waals surface area contributed by atoms with Crippen molar-refractivity contribution in [2.75, 3.05) is 0 Å². The molecule has 0 N–H and O–H groups in total. The molecule has 0 aliphatic rings. The van der Waals surface area contributed by atoms with E-state index in [2.05, 4.69) is 132 Å². The Balaban J connectivity index is 1.56. The maximum Gasteiger partial charge on any atom is 0.0548 e. The Hall–Kier alpha value is -4.40. The van der Waals surface area contributed by atoms with Crippen LogP contribution in [-0.4, -0.2) is 4.57 Å². The number of nitrogens with zero attached hydrogens (tertiary/aromatic N) is 1. The van der Waals surface area contributed by atoms with E-state index in [1.54, 1.807) is 0 Å². The van der Waals surface area contributed by atoms with Crippen LogP contribution < -0.4 is 0 Å². The molecule has 6 aromatic carbocycles. The Morgan fingerprint density at radius 3 is 2.14 bits per heavy atom. The molecule has 168 valence electrons. The van der Waals surface area contributed by atoms with Crippen molar-refractivity contribution in [2.45, 2.75) is 0 Å². The van der Waals surface area contributed by atoms with E-state index in [0.717, 1.165) is 0 Å². The first-order valence-corrected chi connectivity index (χ1v) is 13.1. The van der Waals surface area contributed by atoms with Gasteiger partial charge in [0.25, 0.3) is 0 Å². The average Bonchev–Trinajstić information content (AvgIpc) is 3.48. The fourth-order valence-corrected chi connectivity index (χ4v) is 6.94. The number of thiophene rings is 1. The van der Waals surface area contributed by atoms with E-state index in [-0.39, 0.29) is 0 Å². The van der Waals surface area contributed by atoms with Gasteiger partial charge in [-0.05, 0) is 64.4 Å². The second-order valence-corrected chi connectivity index (χ2v) is 10.4. The fourth-order valence-electron chi connectivity index (χ4n) is 5.83. The van der Waals surface area contributed by atoms with E-state index >= 15 is 0 Å². The third-order valence-corrected chi connectivity index (χ3v) is 8.52. The lowest BCUT2D eigenvalue weighted by molar-refractivity contribution is 1.18. The summed E-state index contributed by atoms with van der Waals surface area (Å²) in [6, 6.07) is 46.4. The molecule has 8 aromatic rings. The van der Waals surface area contributed by atoms with Crippen molar-refractivity contribution in [3.63, 3.8) is 0 Å². The Bertz CT molecular complexity index is 2090. The van der Waals surface area contributed by atoms with Gasteiger partial charge in [0, 0.05) is 36.6 Å². The van der Waals surface area contributed by atoms with Gasteiger partial charge in [0.2, 0.25) is 0 Å². The molecule has 0 atom stereocenters. The minimum atomic E-state index is 1.19. The molecule has 1 nitrogen and oxygen atoms in total. The SMILES string of the molecule is c1ccc(-n2c3ccc(-c4cccc5ccccc45)cc3c3c4c(ccc32)sc2ccccc24)cc1. The fraction of sp³-hybridized carbons (Fsp3) is 0. The van der Waals surface area contributed by atoms with Gasteiger partial charge in [-0.15, -0.1) is 11.3 Å². The molecule has 2 heteroatoms. The minimum Gasteiger partial charge on any atom is -0.309 e. The van der Waals surface area contributed by atoms with Gasteiger partial charge in [0.05, 0.1) is 11.0 Å². The first-order chi connectivity index (χ1) is 17.9. The number of benzene rings is 6. The summed E-state index contributed by atoms with van der Waals surface area (Å²) in [5, 5.41) is 7.90. The summed E-state index contributed by atoms with van der Waals surface area (Å²) in [6.07, 6.45) is 0. The maximum atomic E-state index is 2.42. The number of rotatable bonds is 2. The van der Waals surface area contributed by atoms with Gasteiger partial charge in [-0.3, -0.25) is 0 Å². The zero-order valence-corrected chi connectivity index (χ0v) is 20.3. The van der Waals surface area contributed by atoms with Gasteiger partial charge >= 0.3 is 0 Å².